The Hall–Kier alpha value is -2.22. The van der Waals surface area contributed by atoms with Crippen LogP contribution in [0.25, 0.3) is 11.1 Å². The topological polar surface area (TPSA) is 79.1 Å². The molecule has 2 aliphatic heterocycles. The molecule has 7 nitrogen and oxygen atoms in total. The molecule has 0 aromatic carbocycles. The molecule has 2 aromatic heterocycles. The maximum absolute atomic E-state index is 12.2. The number of aromatic nitrogens is 2. The fourth-order valence-corrected chi connectivity index (χ4v) is 4.73. The number of carbonyl (C=O) groups excluding carboxylic acids is 1. The fraction of sp³-hybridized carbons (Fsp3) is 0.565. The van der Waals surface area contributed by atoms with Crippen molar-refractivity contribution in [2.75, 3.05) is 39.4 Å². The highest BCUT2D eigenvalue weighted by molar-refractivity contribution is 5.94. The number of rotatable bonds is 5. The van der Waals surface area contributed by atoms with Gasteiger partial charge in [-0.2, -0.15) is 5.10 Å². The van der Waals surface area contributed by atoms with Crippen molar-refractivity contribution in [3.63, 3.8) is 0 Å². The number of ether oxygens (including phenoxy) is 1. The molecule has 4 heterocycles. The molecule has 0 saturated carbocycles. The molecule has 4 rings (SSSR count). The van der Waals surface area contributed by atoms with Crippen molar-refractivity contribution in [3.05, 3.63) is 40.7 Å². The maximum Gasteiger partial charge on any atom is 0.252 e. The number of aliphatic hydroxyl groups is 1. The van der Waals surface area contributed by atoms with Gasteiger partial charge in [-0.1, -0.05) is 5.57 Å². The van der Waals surface area contributed by atoms with Crippen molar-refractivity contribution >= 4 is 17.0 Å². The number of fused-ring (bicyclic) bond motifs is 1. The van der Waals surface area contributed by atoms with E-state index in [9.17, 15) is 9.90 Å². The fourth-order valence-electron chi connectivity index (χ4n) is 4.73. The molecule has 30 heavy (non-hydrogen) atoms. The molecular weight excluding hydrogens is 380 g/mol. The number of aryl methyl sites for hydroxylation is 1. The van der Waals surface area contributed by atoms with Gasteiger partial charge in [0.1, 0.15) is 0 Å². The number of pyridine rings is 1. The van der Waals surface area contributed by atoms with Crippen molar-refractivity contribution in [3.8, 4) is 0 Å². The highest BCUT2D eigenvalue weighted by Crippen LogP contribution is 2.33. The Morgan fingerprint density at radius 1 is 1.30 bits per heavy atom. The molecule has 7 heteroatoms. The molecule has 0 aliphatic carbocycles. The lowest BCUT2D eigenvalue weighted by Crippen LogP contribution is -2.48. The molecular formula is C23H32N4O3. The van der Waals surface area contributed by atoms with E-state index in [1.165, 1.54) is 16.7 Å². The smallest absolute Gasteiger partial charge is 0.252 e. The summed E-state index contributed by atoms with van der Waals surface area (Å²) in [5.74, 6) is -0.0798. The number of amides is 1. The van der Waals surface area contributed by atoms with Crippen LogP contribution < -0.4 is 5.32 Å². The molecule has 2 N–H and O–H groups in total. The van der Waals surface area contributed by atoms with Gasteiger partial charge in [-0.15, -0.1) is 0 Å². The minimum atomic E-state index is -0.633. The average molecular weight is 413 g/mol. The van der Waals surface area contributed by atoms with E-state index in [4.69, 9.17) is 4.74 Å². The highest BCUT2D eigenvalue weighted by Gasteiger charge is 2.33. The quantitative estimate of drug-likeness (QED) is 0.789. The van der Waals surface area contributed by atoms with Gasteiger partial charge < -0.3 is 15.2 Å². The number of carbonyl (C=O) groups is 1. The normalized spacial score (nSPS) is 20.0. The molecule has 1 fully saturated rings. The van der Waals surface area contributed by atoms with Crippen LogP contribution in [0.3, 0.4) is 0 Å². The maximum atomic E-state index is 12.2. The molecule has 162 valence electrons. The first kappa shape index (κ1) is 21.0. The molecule has 2 aromatic rings. The number of hydrogen-bond acceptors (Lipinski definition) is 5. The zero-order valence-electron chi connectivity index (χ0n) is 18.2. The Kier molecular flexibility index (Phi) is 5.95. The molecule has 0 radical (unpaired) electrons. The van der Waals surface area contributed by atoms with Gasteiger partial charge in [-0.25, -0.2) is 4.52 Å². The summed E-state index contributed by atoms with van der Waals surface area (Å²) in [6, 6.07) is 3.87. The zero-order valence-corrected chi connectivity index (χ0v) is 18.2. The first-order chi connectivity index (χ1) is 14.4. The SMILES string of the molecule is CCNC(=O)c1ccc2c(C3=C(C)CN(CC4(O)CCOCC4)CC3)c(C)nn2c1. The van der Waals surface area contributed by atoms with Crippen LogP contribution in [0, 0.1) is 6.92 Å². The molecule has 2 aliphatic rings. The summed E-state index contributed by atoms with van der Waals surface area (Å²) >= 11 is 0. The summed E-state index contributed by atoms with van der Waals surface area (Å²) in [7, 11) is 0. The third-order valence-electron chi connectivity index (χ3n) is 6.30. The monoisotopic (exact) mass is 412 g/mol. The Morgan fingerprint density at radius 2 is 2.07 bits per heavy atom. The number of nitrogens with one attached hydrogen (secondary N) is 1. The first-order valence-corrected chi connectivity index (χ1v) is 10.9. The van der Waals surface area contributed by atoms with Gasteiger partial charge in [-0.05, 0) is 44.9 Å². The van der Waals surface area contributed by atoms with Crippen LogP contribution in [0.15, 0.2) is 23.9 Å². The van der Waals surface area contributed by atoms with E-state index in [1.807, 2.05) is 36.7 Å². The first-order valence-electron chi connectivity index (χ1n) is 10.9. The lowest BCUT2D eigenvalue weighted by molar-refractivity contribution is -0.0789. The second kappa shape index (κ2) is 8.49. The van der Waals surface area contributed by atoms with Gasteiger partial charge in [0.25, 0.3) is 5.91 Å². The van der Waals surface area contributed by atoms with Crippen molar-refractivity contribution in [2.45, 2.75) is 45.6 Å². The minimum Gasteiger partial charge on any atom is -0.388 e. The number of hydrogen-bond donors (Lipinski definition) is 2. The van der Waals surface area contributed by atoms with E-state index in [0.717, 1.165) is 30.7 Å². The standard InChI is InChI=1S/C23H32N4O3/c1-4-24-22(28)18-5-6-20-21(17(3)25-27(20)14-18)19-7-10-26(13-16(19)2)15-23(29)8-11-30-12-9-23/h5-6,14,29H,4,7-13,15H2,1-3H3,(H,24,28). The summed E-state index contributed by atoms with van der Waals surface area (Å²) < 4.78 is 7.24. The van der Waals surface area contributed by atoms with E-state index < -0.39 is 5.60 Å². The van der Waals surface area contributed by atoms with Crippen LogP contribution >= 0.6 is 0 Å². The average Bonchev–Trinajstić information content (AvgIpc) is 3.03. The van der Waals surface area contributed by atoms with Crippen molar-refractivity contribution in [2.24, 2.45) is 0 Å². The van der Waals surface area contributed by atoms with Crippen molar-refractivity contribution in [1.82, 2.24) is 19.8 Å². The zero-order chi connectivity index (χ0) is 21.3. The van der Waals surface area contributed by atoms with Crippen LogP contribution in [-0.4, -0.2) is 70.5 Å². The molecule has 0 unspecified atom stereocenters. The van der Waals surface area contributed by atoms with E-state index in [-0.39, 0.29) is 5.91 Å². The molecule has 0 bridgehead atoms. The Morgan fingerprint density at radius 3 is 2.77 bits per heavy atom. The van der Waals surface area contributed by atoms with Crippen LogP contribution in [0.1, 0.15) is 54.7 Å². The van der Waals surface area contributed by atoms with Crippen molar-refractivity contribution in [1.29, 1.82) is 0 Å². The van der Waals surface area contributed by atoms with Gasteiger partial charge in [-0.3, -0.25) is 9.69 Å². The molecule has 1 amide bonds. The Balaban J connectivity index is 1.57. The van der Waals surface area contributed by atoms with Gasteiger partial charge in [0, 0.05) is 64.0 Å². The largest absolute Gasteiger partial charge is 0.388 e. The molecule has 0 atom stereocenters. The predicted octanol–water partition coefficient (Wildman–Crippen LogP) is 2.41. The van der Waals surface area contributed by atoms with E-state index in [0.29, 0.717) is 44.7 Å². The molecule has 1 saturated heterocycles. The van der Waals surface area contributed by atoms with Crippen LogP contribution in [0.5, 0.6) is 0 Å². The van der Waals surface area contributed by atoms with Crippen LogP contribution in [-0.2, 0) is 4.74 Å². The second-order valence-corrected chi connectivity index (χ2v) is 8.62. The van der Waals surface area contributed by atoms with Crippen LogP contribution in [0.2, 0.25) is 0 Å². The summed E-state index contributed by atoms with van der Waals surface area (Å²) in [4.78, 5) is 14.5. The van der Waals surface area contributed by atoms with Gasteiger partial charge in [0.15, 0.2) is 0 Å². The highest BCUT2D eigenvalue weighted by atomic mass is 16.5. The Bertz CT molecular complexity index is 972. The lowest BCUT2D eigenvalue weighted by Gasteiger charge is -2.39. The number of β-amino-alcohol motifs (C(OH)–C–C–N with tert-alkyl or cyclic N) is 1. The third-order valence-corrected chi connectivity index (χ3v) is 6.30. The minimum absolute atomic E-state index is 0.0798. The van der Waals surface area contributed by atoms with Crippen LogP contribution in [0.4, 0.5) is 0 Å². The summed E-state index contributed by atoms with van der Waals surface area (Å²) in [6.45, 7) is 10.5. The van der Waals surface area contributed by atoms with E-state index in [1.54, 1.807) is 0 Å². The summed E-state index contributed by atoms with van der Waals surface area (Å²) in [6.07, 6.45) is 4.15. The van der Waals surface area contributed by atoms with Crippen molar-refractivity contribution < 1.29 is 14.6 Å². The lowest BCUT2D eigenvalue weighted by atomic mass is 9.90. The summed E-state index contributed by atoms with van der Waals surface area (Å²) in [5.41, 5.74) is 5.83. The third kappa shape index (κ3) is 4.15. The Labute approximate surface area is 177 Å². The second-order valence-electron chi connectivity index (χ2n) is 8.62. The van der Waals surface area contributed by atoms with Gasteiger partial charge in [0.2, 0.25) is 0 Å². The van der Waals surface area contributed by atoms with Gasteiger partial charge in [0.05, 0.1) is 22.4 Å². The van der Waals surface area contributed by atoms with E-state index in [2.05, 4.69) is 22.2 Å². The van der Waals surface area contributed by atoms with Gasteiger partial charge >= 0.3 is 0 Å². The molecule has 0 spiro atoms. The number of nitrogens with zero attached hydrogens (tertiary/aromatic N) is 3. The van der Waals surface area contributed by atoms with E-state index >= 15 is 0 Å². The summed E-state index contributed by atoms with van der Waals surface area (Å²) in [5, 5.41) is 18.4. The predicted molar refractivity (Wildman–Crippen MR) is 117 cm³/mol.